The standard InChI is InChI=1S/C11H13NO2/c1-2-14-11(13)9-5-7-3-6-4-8(6)10(7)12-9/h5-6,8,12H,2-4H2,1H3. The molecule has 0 radical (unpaired) electrons. The fraction of sp³-hybridized carbons (Fsp3) is 0.545. The molecule has 0 spiro atoms. The zero-order valence-corrected chi connectivity index (χ0v) is 8.17. The predicted octanol–water partition coefficient (Wildman–Crippen LogP) is 1.85. The fourth-order valence-electron chi connectivity index (χ4n) is 2.44. The Bertz CT molecular complexity index is 394. The molecule has 0 amide bonds. The van der Waals surface area contributed by atoms with Crippen molar-refractivity contribution in [3.8, 4) is 0 Å². The van der Waals surface area contributed by atoms with E-state index in [9.17, 15) is 4.79 Å². The van der Waals surface area contributed by atoms with Gasteiger partial charge in [0.1, 0.15) is 5.69 Å². The Balaban J connectivity index is 1.87. The molecule has 14 heavy (non-hydrogen) atoms. The van der Waals surface area contributed by atoms with E-state index in [1.165, 1.54) is 17.7 Å². The molecule has 1 aromatic heterocycles. The maximum Gasteiger partial charge on any atom is 0.354 e. The Morgan fingerprint density at radius 3 is 3.29 bits per heavy atom. The molecule has 74 valence electrons. The third-order valence-electron chi connectivity index (χ3n) is 3.20. The van der Waals surface area contributed by atoms with Crippen molar-refractivity contribution in [3.63, 3.8) is 0 Å². The van der Waals surface area contributed by atoms with Crippen LogP contribution in [0, 0.1) is 5.92 Å². The molecule has 2 aliphatic carbocycles. The first kappa shape index (κ1) is 8.09. The molecule has 2 unspecified atom stereocenters. The number of ether oxygens (including phenoxy) is 1. The van der Waals surface area contributed by atoms with Gasteiger partial charge >= 0.3 is 5.97 Å². The van der Waals surface area contributed by atoms with Gasteiger partial charge in [0.05, 0.1) is 6.61 Å². The third-order valence-corrected chi connectivity index (χ3v) is 3.20. The van der Waals surface area contributed by atoms with Crippen molar-refractivity contribution in [1.82, 2.24) is 4.98 Å². The van der Waals surface area contributed by atoms with Gasteiger partial charge in [-0.25, -0.2) is 4.79 Å². The van der Waals surface area contributed by atoms with Crippen molar-refractivity contribution in [2.24, 2.45) is 5.92 Å². The normalized spacial score (nSPS) is 26.9. The van der Waals surface area contributed by atoms with Gasteiger partial charge in [-0.1, -0.05) is 0 Å². The Morgan fingerprint density at radius 2 is 2.57 bits per heavy atom. The van der Waals surface area contributed by atoms with E-state index in [2.05, 4.69) is 4.98 Å². The second-order valence-electron chi connectivity index (χ2n) is 4.15. The predicted molar refractivity (Wildman–Crippen MR) is 51.3 cm³/mol. The molecule has 0 aliphatic heterocycles. The molecule has 3 heteroatoms. The lowest BCUT2D eigenvalue weighted by Gasteiger charge is -1.97. The van der Waals surface area contributed by atoms with Crippen LogP contribution in [-0.4, -0.2) is 17.6 Å². The van der Waals surface area contributed by atoms with E-state index in [0.29, 0.717) is 18.2 Å². The number of aromatic amines is 1. The van der Waals surface area contributed by atoms with Crippen LogP contribution in [0.25, 0.3) is 0 Å². The quantitative estimate of drug-likeness (QED) is 0.725. The Kier molecular flexibility index (Phi) is 1.52. The maximum absolute atomic E-state index is 11.4. The van der Waals surface area contributed by atoms with Crippen LogP contribution in [0.4, 0.5) is 0 Å². The van der Waals surface area contributed by atoms with Crippen molar-refractivity contribution in [1.29, 1.82) is 0 Å². The van der Waals surface area contributed by atoms with E-state index in [0.717, 1.165) is 12.3 Å². The van der Waals surface area contributed by atoms with Crippen molar-refractivity contribution in [2.45, 2.75) is 25.7 Å². The summed E-state index contributed by atoms with van der Waals surface area (Å²) in [5.41, 5.74) is 3.24. The smallest absolute Gasteiger partial charge is 0.354 e. The Labute approximate surface area is 82.5 Å². The second kappa shape index (κ2) is 2.62. The van der Waals surface area contributed by atoms with Gasteiger partial charge in [-0.05, 0) is 37.3 Å². The monoisotopic (exact) mass is 191 g/mol. The summed E-state index contributed by atoms with van der Waals surface area (Å²) >= 11 is 0. The third kappa shape index (κ3) is 1.01. The molecule has 1 heterocycles. The van der Waals surface area contributed by atoms with Gasteiger partial charge in [0.15, 0.2) is 0 Å². The zero-order valence-electron chi connectivity index (χ0n) is 8.17. The van der Waals surface area contributed by atoms with E-state index in [1.807, 2.05) is 13.0 Å². The SMILES string of the molecule is CCOC(=O)c1cc2c([nH]1)C1CC1C2. The van der Waals surface area contributed by atoms with Crippen molar-refractivity contribution < 1.29 is 9.53 Å². The van der Waals surface area contributed by atoms with Gasteiger partial charge in [0.2, 0.25) is 0 Å². The molecule has 1 saturated carbocycles. The van der Waals surface area contributed by atoms with Gasteiger partial charge < -0.3 is 9.72 Å². The highest BCUT2D eigenvalue weighted by Crippen LogP contribution is 2.55. The minimum Gasteiger partial charge on any atom is -0.461 e. The number of hydrogen-bond acceptors (Lipinski definition) is 2. The van der Waals surface area contributed by atoms with E-state index in [4.69, 9.17) is 4.74 Å². The van der Waals surface area contributed by atoms with Gasteiger partial charge in [-0.15, -0.1) is 0 Å². The summed E-state index contributed by atoms with van der Waals surface area (Å²) in [5, 5.41) is 0. The molecule has 0 saturated heterocycles. The highest BCUT2D eigenvalue weighted by Gasteiger charge is 2.46. The topological polar surface area (TPSA) is 42.1 Å². The number of carbonyl (C=O) groups excluding carboxylic acids is 1. The summed E-state index contributed by atoms with van der Waals surface area (Å²) in [7, 11) is 0. The largest absolute Gasteiger partial charge is 0.461 e. The summed E-state index contributed by atoms with van der Waals surface area (Å²) < 4.78 is 4.94. The molecular formula is C11H13NO2. The van der Waals surface area contributed by atoms with Gasteiger partial charge in [-0.2, -0.15) is 0 Å². The van der Waals surface area contributed by atoms with Gasteiger partial charge in [0.25, 0.3) is 0 Å². The average Bonchev–Trinajstić information content (AvgIpc) is 2.67. The van der Waals surface area contributed by atoms with Crippen molar-refractivity contribution in [3.05, 3.63) is 23.0 Å². The molecule has 0 aromatic carbocycles. The minimum atomic E-state index is -0.223. The first-order valence-corrected chi connectivity index (χ1v) is 5.18. The molecule has 3 rings (SSSR count). The van der Waals surface area contributed by atoms with Crippen LogP contribution in [0.1, 0.15) is 41.0 Å². The molecule has 1 aromatic rings. The molecule has 3 nitrogen and oxygen atoms in total. The first-order valence-electron chi connectivity index (χ1n) is 5.18. The highest BCUT2D eigenvalue weighted by molar-refractivity contribution is 5.88. The first-order chi connectivity index (χ1) is 6.79. The Hall–Kier alpha value is -1.25. The number of H-pyrrole nitrogens is 1. The summed E-state index contributed by atoms with van der Waals surface area (Å²) in [6.45, 7) is 2.26. The number of carbonyl (C=O) groups is 1. The van der Waals surface area contributed by atoms with Crippen LogP contribution in [0.15, 0.2) is 6.07 Å². The number of esters is 1. The molecule has 2 aliphatic rings. The van der Waals surface area contributed by atoms with E-state index in [1.54, 1.807) is 0 Å². The van der Waals surface area contributed by atoms with E-state index >= 15 is 0 Å². The van der Waals surface area contributed by atoms with Crippen LogP contribution in [0.2, 0.25) is 0 Å². The average molecular weight is 191 g/mol. The number of nitrogens with one attached hydrogen (secondary N) is 1. The van der Waals surface area contributed by atoms with Crippen LogP contribution >= 0.6 is 0 Å². The summed E-state index contributed by atoms with van der Waals surface area (Å²) in [5.74, 6) is 1.36. The second-order valence-corrected chi connectivity index (χ2v) is 4.15. The molecule has 1 N–H and O–H groups in total. The minimum absolute atomic E-state index is 0.223. The van der Waals surface area contributed by atoms with Crippen LogP contribution in [0.3, 0.4) is 0 Å². The van der Waals surface area contributed by atoms with E-state index in [-0.39, 0.29) is 5.97 Å². The number of rotatable bonds is 2. The number of fused-ring (bicyclic) bond motifs is 3. The van der Waals surface area contributed by atoms with E-state index < -0.39 is 0 Å². The summed E-state index contributed by atoms with van der Waals surface area (Å²) in [6, 6.07) is 1.96. The lowest BCUT2D eigenvalue weighted by molar-refractivity contribution is 0.0520. The van der Waals surface area contributed by atoms with Gasteiger partial charge in [-0.3, -0.25) is 0 Å². The van der Waals surface area contributed by atoms with Crippen molar-refractivity contribution >= 4 is 5.97 Å². The molecule has 0 bridgehead atoms. The number of aromatic nitrogens is 1. The Morgan fingerprint density at radius 1 is 1.71 bits per heavy atom. The molecule has 2 atom stereocenters. The summed E-state index contributed by atoms with van der Waals surface area (Å²) in [4.78, 5) is 14.6. The summed E-state index contributed by atoms with van der Waals surface area (Å²) in [6.07, 6.45) is 2.45. The van der Waals surface area contributed by atoms with Crippen molar-refractivity contribution in [2.75, 3.05) is 6.61 Å². The van der Waals surface area contributed by atoms with Crippen LogP contribution < -0.4 is 0 Å². The number of hydrogen-bond donors (Lipinski definition) is 1. The van der Waals surface area contributed by atoms with Crippen LogP contribution in [-0.2, 0) is 11.2 Å². The molecular weight excluding hydrogens is 178 g/mol. The van der Waals surface area contributed by atoms with Crippen LogP contribution in [0.5, 0.6) is 0 Å². The lowest BCUT2D eigenvalue weighted by atomic mass is 10.2. The fourth-order valence-corrected chi connectivity index (χ4v) is 2.44. The molecule has 1 fully saturated rings. The van der Waals surface area contributed by atoms with Gasteiger partial charge in [0, 0.05) is 11.6 Å². The highest BCUT2D eigenvalue weighted by atomic mass is 16.5. The lowest BCUT2D eigenvalue weighted by Crippen LogP contribution is -2.05. The maximum atomic E-state index is 11.4. The zero-order chi connectivity index (χ0) is 9.71.